The summed E-state index contributed by atoms with van der Waals surface area (Å²) in [4.78, 5) is 18.7. The molecule has 3 aromatic carbocycles. The van der Waals surface area contributed by atoms with Crippen molar-refractivity contribution in [2.24, 2.45) is 0 Å². The van der Waals surface area contributed by atoms with Gasteiger partial charge in [0.2, 0.25) is 0 Å². The highest BCUT2D eigenvalue weighted by atomic mass is 19.1. The molecule has 0 saturated heterocycles. The summed E-state index contributed by atoms with van der Waals surface area (Å²) in [6.45, 7) is 11.2. The van der Waals surface area contributed by atoms with E-state index in [0.717, 1.165) is 36.9 Å². The molecule has 1 fully saturated rings. The molecule has 244 valence electrons. The summed E-state index contributed by atoms with van der Waals surface area (Å²) in [7, 11) is 6.22. The highest BCUT2D eigenvalue weighted by Gasteiger charge is 2.53. The van der Waals surface area contributed by atoms with Crippen LogP contribution in [-0.4, -0.2) is 48.9 Å². The number of alkyl halides is 1. The predicted molar refractivity (Wildman–Crippen MR) is 184 cm³/mol. The Morgan fingerprint density at radius 2 is 1.42 bits per heavy atom. The van der Waals surface area contributed by atoms with E-state index in [9.17, 15) is 13.6 Å². The van der Waals surface area contributed by atoms with E-state index in [1.54, 1.807) is 0 Å². The minimum atomic E-state index is -1.90. The number of nitrogens with one attached hydrogen (secondary N) is 1. The number of carbonyl (C=O) groups excluding carboxylic acids is 1. The Morgan fingerprint density at radius 3 is 1.93 bits per heavy atom. The van der Waals surface area contributed by atoms with E-state index in [1.165, 1.54) is 43.2 Å². The Kier molecular flexibility index (Phi) is 12.1. The van der Waals surface area contributed by atoms with Gasteiger partial charge in [0.1, 0.15) is 11.5 Å². The van der Waals surface area contributed by atoms with Crippen LogP contribution >= 0.6 is 0 Å². The van der Waals surface area contributed by atoms with Gasteiger partial charge in [0.05, 0.1) is 5.54 Å². The first-order chi connectivity index (χ1) is 21.5. The third-order valence-electron chi connectivity index (χ3n) is 9.41. The smallest absolute Gasteiger partial charge is 0.254 e. The van der Waals surface area contributed by atoms with Gasteiger partial charge in [-0.3, -0.25) is 9.69 Å². The molecule has 1 heterocycles. The normalized spacial score (nSPS) is 21.5. The van der Waals surface area contributed by atoms with Gasteiger partial charge in [-0.05, 0) is 94.9 Å². The van der Waals surface area contributed by atoms with E-state index in [4.69, 9.17) is 0 Å². The van der Waals surface area contributed by atoms with E-state index in [2.05, 4.69) is 60.7 Å². The van der Waals surface area contributed by atoms with Crippen LogP contribution in [0.3, 0.4) is 0 Å². The molecule has 2 aliphatic rings. The summed E-state index contributed by atoms with van der Waals surface area (Å²) in [5.41, 5.74) is 2.30. The van der Waals surface area contributed by atoms with Crippen molar-refractivity contribution in [3.8, 4) is 0 Å². The zero-order valence-corrected chi connectivity index (χ0v) is 28.8. The molecule has 5 rings (SSSR count). The lowest BCUT2D eigenvalue weighted by Gasteiger charge is -2.56. The van der Waals surface area contributed by atoms with Gasteiger partial charge in [-0.15, -0.1) is 0 Å². The number of carbonyl (C=O) groups is 1. The van der Waals surface area contributed by atoms with Crippen molar-refractivity contribution in [2.75, 3.05) is 27.7 Å². The number of halogens is 2. The molecule has 3 aromatic rings. The van der Waals surface area contributed by atoms with E-state index in [0.29, 0.717) is 18.5 Å². The first kappa shape index (κ1) is 36.0. The van der Waals surface area contributed by atoms with Crippen LogP contribution in [0.1, 0.15) is 101 Å². The standard InChI is InChI=1S/C35H41F2N3O.2C2H6/c1-33(2,37)29-24-26(16-17-30(29)36)32(41)40-23-18-28(25-12-8-6-9-13-25)31(38-3)35(40)21-19-34(20-22-35,39(4)5)27-14-10-7-11-15-27;2*1-2/h6-17,24,38H,18-23H2,1-5H3;2*1-2H3. The van der Waals surface area contributed by atoms with Crippen molar-refractivity contribution in [3.63, 3.8) is 0 Å². The second-order valence-corrected chi connectivity index (χ2v) is 12.2. The summed E-state index contributed by atoms with van der Waals surface area (Å²) in [5, 5.41) is 3.54. The van der Waals surface area contributed by atoms with E-state index in [1.807, 2.05) is 63.9 Å². The molecule has 0 atom stereocenters. The van der Waals surface area contributed by atoms with E-state index < -0.39 is 17.0 Å². The van der Waals surface area contributed by atoms with Crippen LogP contribution in [-0.2, 0) is 11.2 Å². The van der Waals surface area contributed by atoms with Gasteiger partial charge in [0.15, 0.2) is 0 Å². The number of nitrogens with zero attached hydrogens (tertiary/aromatic N) is 2. The maximum Gasteiger partial charge on any atom is 0.254 e. The fourth-order valence-corrected chi connectivity index (χ4v) is 7.20. The van der Waals surface area contributed by atoms with Crippen molar-refractivity contribution in [3.05, 3.63) is 113 Å². The quantitative estimate of drug-likeness (QED) is 0.299. The van der Waals surface area contributed by atoms with Gasteiger partial charge < -0.3 is 10.2 Å². The zero-order chi connectivity index (χ0) is 33.4. The fraction of sp³-hybridized carbons (Fsp3) is 0.462. The second-order valence-electron chi connectivity index (χ2n) is 12.2. The predicted octanol–water partition coefficient (Wildman–Crippen LogP) is 9.33. The topological polar surface area (TPSA) is 35.6 Å². The third kappa shape index (κ3) is 7.01. The third-order valence-corrected chi connectivity index (χ3v) is 9.41. The van der Waals surface area contributed by atoms with Crippen LogP contribution in [0.2, 0.25) is 0 Å². The summed E-state index contributed by atoms with van der Waals surface area (Å²) in [6, 6.07) is 25.1. The van der Waals surface area contributed by atoms with Crippen molar-refractivity contribution >= 4 is 11.5 Å². The Balaban J connectivity index is 0.00000133. The Hall–Kier alpha value is -3.51. The number of rotatable bonds is 6. The fourth-order valence-electron chi connectivity index (χ4n) is 7.20. The minimum absolute atomic E-state index is 0.0943. The first-order valence-electron chi connectivity index (χ1n) is 16.5. The number of benzene rings is 3. The highest BCUT2D eigenvalue weighted by Crippen LogP contribution is 2.52. The van der Waals surface area contributed by atoms with Crippen molar-refractivity contribution in [1.82, 2.24) is 15.1 Å². The number of likely N-dealkylation sites (N-methyl/N-ethyl adjacent to an activating group) is 1. The van der Waals surface area contributed by atoms with E-state index in [-0.39, 0.29) is 17.0 Å². The molecule has 1 aliphatic carbocycles. The monoisotopic (exact) mass is 617 g/mol. The van der Waals surface area contributed by atoms with Crippen molar-refractivity contribution in [2.45, 2.75) is 90.4 Å². The Bertz CT molecular complexity index is 1420. The summed E-state index contributed by atoms with van der Waals surface area (Å²) in [6.07, 6.45) is 3.90. The molecular weight excluding hydrogens is 564 g/mol. The van der Waals surface area contributed by atoms with Crippen LogP contribution in [0, 0.1) is 5.82 Å². The van der Waals surface area contributed by atoms with Gasteiger partial charge in [0.25, 0.3) is 5.91 Å². The number of hydrogen-bond donors (Lipinski definition) is 1. The molecule has 1 N–H and O–H groups in total. The average molecular weight is 618 g/mol. The number of amides is 1. The lowest BCUT2D eigenvalue weighted by molar-refractivity contribution is 0.00547. The summed E-state index contributed by atoms with van der Waals surface area (Å²) in [5.74, 6) is -0.826. The molecule has 1 saturated carbocycles. The largest absolute Gasteiger partial charge is 0.389 e. The molecule has 4 nitrogen and oxygen atoms in total. The molecule has 0 radical (unpaired) electrons. The maximum absolute atomic E-state index is 14.9. The van der Waals surface area contributed by atoms with E-state index >= 15 is 0 Å². The molecule has 1 aliphatic heterocycles. The first-order valence-corrected chi connectivity index (χ1v) is 16.5. The molecule has 0 aromatic heterocycles. The lowest BCUT2D eigenvalue weighted by atomic mass is 9.64. The zero-order valence-electron chi connectivity index (χ0n) is 28.8. The average Bonchev–Trinajstić information content (AvgIpc) is 3.07. The number of hydrogen-bond acceptors (Lipinski definition) is 3. The lowest BCUT2D eigenvalue weighted by Crippen LogP contribution is -2.62. The summed E-state index contributed by atoms with van der Waals surface area (Å²) >= 11 is 0. The van der Waals surface area contributed by atoms with Gasteiger partial charge >= 0.3 is 0 Å². The molecular formula is C39H53F2N3O. The van der Waals surface area contributed by atoms with Crippen LogP contribution in [0.25, 0.3) is 5.57 Å². The van der Waals surface area contributed by atoms with Gasteiger partial charge in [-0.2, -0.15) is 0 Å². The molecule has 0 unspecified atom stereocenters. The molecule has 1 spiro atoms. The minimum Gasteiger partial charge on any atom is -0.389 e. The molecule has 45 heavy (non-hydrogen) atoms. The summed E-state index contributed by atoms with van der Waals surface area (Å²) < 4.78 is 29.5. The van der Waals surface area contributed by atoms with Gasteiger partial charge in [0, 0.05) is 36.0 Å². The SMILES string of the molecule is CC.CC.CNC1=C(c2ccccc2)CCN(C(=O)c2ccc(F)c(C(C)(C)F)c2)C12CCC(c1ccccc1)(N(C)C)CC2. The molecule has 6 heteroatoms. The van der Waals surface area contributed by atoms with Gasteiger partial charge in [-0.25, -0.2) is 8.78 Å². The highest BCUT2D eigenvalue weighted by molar-refractivity contribution is 5.96. The van der Waals surface area contributed by atoms with Crippen molar-refractivity contribution in [1.29, 1.82) is 0 Å². The Labute approximate surface area is 270 Å². The second kappa shape index (κ2) is 15.2. The van der Waals surface area contributed by atoms with Gasteiger partial charge in [-0.1, -0.05) is 88.4 Å². The van der Waals surface area contributed by atoms with Crippen LogP contribution < -0.4 is 5.32 Å². The van der Waals surface area contributed by atoms with Crippen LogP contribution in [0.5, 0.6) is 0 Å². The maximum atomic E-state index is 14.9. The van der Waals surface area contributed by atoms with Crippen molar-refractivity contribution < 1.29 is 13.6 Å². The van der Waals surface area contributed by atoms with Crippen LogP contribution in [0.4, 0.5) is 8.78 Å². The van der Waals surface area contributed by atoms with Crippen LogP contribution in [0.15, 0.2) is 84.6 Å². The Morgan fingerprint density at radius 1 is 0.867 bits per heavy atom. The molecule has 0 bridgehead atoms. The molecule has 1 amide bonds.